The summed E-state index contributed by atoms with van der Waals surface area (Å²) in [5.74, 6) is -1.80. The summed E-state index contributed by atoms with van der Waals surface area (Å²) in [4.78, 5) is 0. The zero-order valence-corrected chi connectivity index (χ0v) is 10.3. The molecule has 1 atom stereocenters. The highest BCUT2D eigenvalue weighted by Crippen LogP contribution is 2.24. The molecule has 1 unspecified atom stereocenters. The van der Waals surface area contributed by atoms with Crippen molar-refractivity contribution in [2.24, 2.45) is 0 Å². The molecule has 2 aromatic carbocycles. The molecule has 1 N–H and O–H groups in total. The number of halogens is 3. The summed E-state index contributed by atoms with van der Waals surface area (Å²) in [5, 5.41) is 9.98. The maximum absolute atomic E-state index is 13.6. The molecule has 0 spiro atoms. The van der Waals surface area contributed by atoms with Gasteiger partial charge in [-0.3, -0.25) is 0 Å². The van der Waals surface area contributed by atoms with Crippen LogP contribution >= 0.6 is 0 Å². The molecule has 0 saturated heterocycles. The second kappa shape index (κ2) is 5.45. The first-order chi connectivity index (χ1) is 8.97. The molecule has 0 saturated carbocycles. The van der Waals surface area contributed by atoms with Crippen LogP contribution in [-0.2, 0) is 6.42 Å². The van der Waals surface area contributed by atoms with Crippen LogP contribution in [0.5, 0.6) is 0 Å². The van der Waals surface area contributed by atoms with Gasteiger partial charge in [0.25, 0.3) is 0 Å². The van der Waals surface area contributed by atoms with E-state index in [1.165, 1.54) is 37.3 Å². The van der Waals surface area contributed by atoms with Crippen LogP contribution < -0.4 is 0 Å². The molecule has 0 aliphatic carbocycles. The van der Waals surface area contributed by atoms with E-state index < -0.39 is 17.7 Å². The summed E-state index contributed by atoms with van der Waals surface area (Å²) in [5.41, 5.74) is 0.994. The molecule has 0 fully saturated rings. The van der Waals surface area contributed by atoms with Gasteiger partial charge < -0.3 is 5.11 Å². The van der Waals surface area contributed by atoms with Crippen molar-refractivity contribution in [3.63, 3.8) is 0 Å². The number of aliphatic hydroxyl groups is 1. The molecule has 2 rings (SSSR count). The molecular weight excluding hydrogens is 253 g/mol. The molecule has 19 heavy (non-hydrogen) atoms. The largest absolute Gasteiger partial charge is 0.388 e. The van der Waals surface area contributed by atoms with Gasteiger partial charge in [-0.25, -0.2) is 13.2 Å². The van der Waals surface area contributed by atoms with Crippen LogP contribution in [0.2, 0.25) is 0 Å². The SMILES string of the molecule is Cc1cc(C(O)Cc2ccc(F)cc2)c(F)cc1F. The van der Waals surface area contributed by atoms with E-state index >= 15 is 0 Å². The van der Waals surface area contributed by atoms with Gasteiger partial charge in [-0.2, -0.15) is 0 Å². The fraction of sp³-hybridized carbons (Fsp3) is 0.200. The Labute approximate surface area is 109 Å². The van der Waals surface area contributed by atoms with E-state index in [1.54, 1.807) is 0 Å². The van der Waals surface area contributed by atoms with Gasteiger partial charge in [-0.1, -0.05) is 12.1 Å². The van der Waals surface area contributed by atoms with Crippen molar-refractivity contribution in [3.05, 3.63) is 70.5 Å². The summed E-state index contributed by atoms with van der Waals surface area (Å²) in [7, 11) is 0. The number of hydrogen-bond donors (Lipinski definition) is 1. The smallest absolute Gasteiger partial charge is 0.131 e. The van der Waals surface area contributed by atoms with Crippen LogP contribution in [0.15, 0.2) is 36.4 Å². The van der Waals surface area contributed by atoms with Crippen LogP contribution in [0.4, 0.5) is 13.2 Å². The van der Waals surface area contributed by atoms with Crippen molar-refractivity contribution in [3.8, 4) is 0 Å². The van der Waals surface area contributed by atoms with E-state index in [1.807, 2.05) is 0 Å². The molecular formula is C15H13F3O. The summed E-state index contributed by atoms with van der Waals surface area (Å²) < 4.78 is 39.5. The Balaban J connectivity index is 2.22. The molecule has 0 bridgehead atoms. The average molecular weight is 266 g/mol. The van der Waals surface area contributed by atoms with E-state index in [9.17, 15) is 18.3 Å². The molecule has 1 nitrogen and oxygen atoms in total. The normalized spacial score (nSPS) is 12.5. The molecule has 4 heteroatoms. The van der Waals surface area contributed by atoms with E-state index in [4.69, 9.17) is 0 Å². The van der Waals surface area contributed by atoms with Crippen molar-refractivity contribution in [1.29, 1.82) is 0 Å². The molecule has 100 valence electrons. The number of benzene rings is 2. The third-order valence-corrected chi connectivity index (χ3v) is 2.98. The third-order valence-electron chi connectivity index (χ3n) is 2.98. The highest BCUT2D eigenvalue weighted by molar-refractivity contribution is 5.29. The van der Waals surface area contributed by atoms with Gasteiger partial charge in [-0.15, -0.1) is 0 Å². The summed E-state index contributed by atoms with van der Waals surface area (Å²) >= 11 is 0. The monoisotopic (exact) mass is 266 g/mol. The van der Waals surface area contributed by atoms with Crippen molar-refractivity contribution in [1.82, 2.24) is 0 Å². The van der Waals surface area contributed by atoms with E-state index in [0.29, 0.717) is 5.56 Å². The topological polar surface area (TPSA) is 20.2 Å². The average Bonchev–Trinajstić information content (AvgIpc) is 2.36. The predicted octanol–water partition coefficient (Wildman–Crippen LogP) is 3.69. The zero-order chi connectivity index (χ0) is 14.0. The lowest BCUT2D eigenvalue weighted by molar-refractivity contribution is 0.173. The highest BCUT2D eigenvalue weighted by Gasteiger charge is 2.15. The van der Waals surface area contributed by atoms with Gasteiger partial charge in [0.2, 0.25) is 0 Å². The van der Waals surface area contributed by atoms with Gasteiger partial charge in [0.05, 0.1) is 6.10 Å². The molecule has 0 aromatic heterocycles. The first kappa shape index (κ1) is 13.6. The second-order valence-electron chi connectivity index (χ2n) is 4.47. The summed E-state index contributed by atoms with van der Waals surface area (Å²) in [6.07, 6.45) is -0.952. The minimum atomic E-state index is -1.09. The van der Waals surface area contributed by atoms with Crippen LogP contribution in [0, 0.1) is 24.4 Å². The first-order valence-electron chi connectivity index (χ1n) is 5.85. The highest BCUT2D eigenvalue weighted by atomic mass is 19.1. The van der Waals surface area contributed by atoms with Crippen LogP contribution in [0.3, 0.4) is 0 Å². The van der Waals surface area contributed by atoms with Crippen LogP contribution in [-0.4, -0.2) is 5.11 Å². The molecule has 0 amide bonds. The Morgan fingerprint density at radius 2 is 1.63 bits per heavy atom. The Morgan fingerprint density at radius 3 is 2.26 bits per heavy atom. The summed E-state index contributed by atoms with van der Waals surface area (Å²) in [6.45, 7) is 1.50. The number of aryl methyl sites for hydroxylation is 1. The molecule has 0 aliphatic heterocycles. The Bertz CT molecular complexity index is 579. The first-order valence-corrected chi connectivity index (χ1v) is 5.85. The van der Waals surface area contributed by atoms with E-state index in [0.717, 1.165) is 6.07 Å². The Morgan fingerprint density at radius 1 is 1.00 bits per heavy atom. The lowest BCUT2D eigenvalue weighted by Crippen LogP contribution is -2.06. The van der Waals surface area contributed by atoms with Crippen LogP contribution in [0.1, 0.15) is 22.8 Å². The molecule has 0 aliphatic rings. The molecule has 2 aromatic rings. The van der Waals surface area contributed by atoms with Crippen molar-refractivity contribution >= 4 is 0 Å². The van der Waals surface area contributed by atoms with Gasteiger partial charge in [0.15, 0.2) is 0 Å². The fourth-order valence-electron chi connectivity index (χ4n) is 1.89. The maximum atomic E-state index is 13.6. The van der Waals surface area contributed by atoms with Gasteiger partial charge in [0, 0.05) is 18.1 Å². The quantitative estimate of drug-likeness (QED) is 0.898. The van der Waals surface area contributed by atoms with Gasteiger partial charge >= 0.3 is 0 Å². The van der Waals surface area contributed by atoms with Crippen LogP contribution in [0.25, 0.3) is 0 Å². The number of rotatable bonds is 3. The maximum Gasteiger partial charge on any atom is 0.131 e. The Kier molecular flexibility index (Phi) is 3.90. The lowest BCUT2D eigenvalue weighted by Gasteiger charge is -2.13. The van der Waals surface area contributed by atoms with Gasteiger partial charge in [-0.05, 0) is 36.2 Å². The number of aliphatic hydroxyl groups excluding tert-OH is 1. The van der Waals surface area contributed by atoms with Crippen molar-refractivity contribution < 1.29 is 18.3 Å². The van der Waals surface area contributed by atoms with E-state index in [-0.39, 0.29) is 23.4 Å². The predicted molar refractivity (Wildman–Crippen MR) is 66.2 cm³/mol. The Hall–Kier alpha value is -1.81. The van der Waals surface area contributed by atoms with Gasteiger partial charge in [0.1, 0.15) is 17.5 Å². The summed E-state index contributed by atoms with van der Waals surface area (Å²) in [6, 6.07) is 7.64. The number of hydrogen-bond acceptors (Lipinski definition) is 1. The third kappa shape index (κ3) is 3.15. The standard InChI is InChI=1S/C15H13F3O/c1-9-6-12(14(18)8-13(9)17)15(19)7-10-2-4-11(16)5-3-10/h2-6,8,15,19H,7H2,1H3. The minimum Gasteiger partial charge on any atom is -0.388 e. The van der Waals surface area contributed by atoms with Crippen molar-refractivity contribution in [2.45, 2.75) is 19.4 Å². The lowest BCUT2D eigenvalue weighted by atomic mass is 9.99. The van der Waals surface area contributed by atoms with E-state index in [2.05, 4.69) is 0 Å². The zero-order valence-electron chi connectivity index (χ0n) is 10.3. The molecule has 0 heterocycles. The van der Waals surface area contributed by atoms with Crippen molar-refractivity contribution in [2.75, 3.05) is 0 Å². The molecule has 0 radical (unpaired) electrons. The second-order valence-corrected chi connectivity index (χ2v) is 4.47. The fourth-order valence-corrected chi connectivity index (χ4v) is 1.89. The minimum absolute atomic E-state index is 0.0447.